The van der Waals surface area contributed by atoms with Gasteiger partial charge in [-0.3, -0.25) is 9.59 Å². The Hall–Kier alpha value is -2.10. The van der Waals surface area contributed by atoms with Crippen molar-refractivity contribution in [3.8, 4) is 0 Å². The van der Waals surface area contributed by atoms with Crippen molar-refractivity contribution in [3.63, 3.8) is 0 Å². The van der Waals surface area contributed by atoms with E-state index < -0.39 is 17.8 Å². The summed E-state index contributed by atoms with van der Waals surface area (Å²) in [6.45, 7) is 0.683. The molecule has 1 amide bonds. The maximum atomic E-state index is 13.0. The maximum absolute atomic E-state index is 13.0. The zero-order valence-corrected chi connectivity index (χ0v) is 12.6. The molecule has 2 aliphatic rings. The van der Waals surface area contributed by atoms with E-state index in [9.17, 15) is 14.7 Å². The highest BCUT2D eigenvalue weighted by molar-refractivity contribution is 5.98. The molecular weight excluding hydrogens is 278 g/mol. The number of carbonyl (C=O) groups is 2. The molecule has 1 aliphatic carbocycles. The summed E-state index contributed by atoms with van der Waals surface area (Å²) in [6, 6.07) is 7.99. The number of hydrogen-bond donors (Lipinski definition) is 1. The SMILES string of the molecule is O=C(O)C1CC=CCC1C(=O)N1CCCCc2ccccc21. The molecule has 4 heteroatoms. The number of nitrogens with zero attached hydrogens (tertiary/aromatic N) is 1. The molecule has 1 aromatic rings. The van der Waals surface area contributed by atoms with Crippen molar-refractivity contribution in [2.45, 2.75) is 32.1 Å². The number of para-hydroxylation sites is 1. The second-order valence-electron chi connectivity index (χ2n) is 6.07. The lowest BCUT2D eigenvalue weighted by Gasteiger charge is -2.31. The van der Waals surface area contributed by atoms with Gasteiger partial charge in [-0.2, -0.15) is 0 Å². The molecule has 2 unspecified atom stereocenters. The van der Waals surface area contributed by atoms with Crippen molar-refractivity contribution in [1.82, 2.24) is 0 Å². The van der Waals surface area contributed by atoms with Crippen LogP contribution in [-0.4, -0.2) is 23.5 Å². The summed E-state index contributed by atoms with van der Waals surface area (Å²) in [5.41, 5.74) is 2.15. The molecule has 3 rings (SSSR count). The van der Waals surface area contributed by atoms with Crippen LogP contribution in [-0.2, 0) is 16.0 Å². The number of anilines is 1. The number of carbonyl (C=O) groups excluding carboxylic acids is 1. The monoisotopic (exact) mass is 299 g/mol. The number of benzene rings is 1. The van der Waals surface area contributed by atoms with Crippen LogP contribution in [0.15, 0.2) is 36.4 Å². The number of carboxylic acid groups (broad SMARTS) is 1. The molecule has 0 saturated heterocycles. The highest BCUT2D eigenvalue weighted by Crippen LogP contribution is 2.32. The van der Waals surface area contributed by atoms with Gasteiger partial charge in [0.25, 0.3) is 0 Å². The highest BCUT2D eigenvalue weighted by Gasteiger charge is 2.37. The number of carboxylic acids is 1. The van der Waals surface area contributed by atoms with E-state index in [0.29, 0.717) is 19.4 Å². The van der Waals surface area contributed by atoms with Crippen molar-refractivity contribution in [2.24, 2.45) is 11.8 Å². The van der Waals surface area contributed by atoms with E-state index in [-0.39, 0.29) is 5.91 Å². The first-order valence-corrected chi connectivity index (χ1v) is 7.95. The minimum Gasteiger partial charge on any atom is -0.481 e. The average Bonchev–Trinajstić information content (AvgIpc) is 2.76. The largest absolute Gasteiger partial charge is 0.481 e. The summed E-state index contributed by atoms with van der Waals surface area (Å²) in [4.78, 5) is 26.3. The van der Waals surface area contributed by atoms with E-state index in [1.54, 1.807) is 0 Å². The first-order valence-electron chi connectivity index (χ1n) is 7.95. The fraction of sp³-hybridized carbons (Fsp3) is 0.444. The van der Waals surface area contributed by atoms with Gasteiger partial charge in [0.05, 0.1) is 11.8 Å². The summed E-state index contributed by atoms with van der Waals surface area (Å²) in [5.74, 6) is -1.96. The molecule has 1 aliphatic heterocycles. The second kappa shape index (κ2) is 6.34. The van der Waals surface area contributed by atoms with Crippen LogP contribution in [0.5, 0.6) is 0 Å². The summed E-state index contributed by atoms with van der Waals surface area (Å²) in [7, 11) is 0. The Kier molecular flexibility index (Phi) is 4.27. The molecule has 1 heterocycles. The minimum absolute atomic E-state index is 0.0360. The van der Waals surface area contributed by atoms with Crippen molar-refractivity contribution in [3.05, 3.63) is 42.0 Å². The quantitative estimate of drug-likeness (QED) is 0.854. The number of amides is 1. The fourth-order valence-corrected chi connectivity index (χ4v) is 3.48. The van der Waals surface area contributed by atoms with E-state index in [2.05, 4.69) is 6.07 Å². The lowest BCUT2D eigenvalue weighted by Crippen LogP contribution is -2.42. The van der Waals surface area contributed by atoms with Gasteiger partial charge in [0.15, 0.2) is 0 Å². The van der Waals surface area contributed by atoms with E-state index in [1.165, 1.54) is 5.56 Å². The molecule has 0 saturated carbocycles. The Morgan fingerprint density at radius 3 is 2.55 bits per heavy atom. The van der Waals surface area contributed by atoms with Gasteiger partial charge in [-0.25, -0.2) is 0 Å². The number of fused-ring (bicyclic) bond motifs is 1. The molecule has 0 fully saturated rings. The molecule has 1 N–H and O–H groups in total. The lowest BCUT2D eigenvalue weighted by molar-refractivity contribution is -0.146. The Morgan fingerprint density at radius 2 is 1.77 bits per heavy atom. The van der Waals surface area contributed by atoms with Gasteiger partial charge in [-0.15, -0.1) is 0 Å². The molecule has 1 aromatic carbocycles. The van der Waals surface area contributed by atoms with Crippen LogP contribution < -0.4 is 4.90 Å². The zero-order valence-electron chi connectivity index (χ0n) is 12.6. The van der Waals surface area contributed by atoms with Gasteiger partial charge in [0, 0.05) is 12.2 Å². The van der Waals surface area contributed by atoms with E-state index in [4.69, 9.17) is 0 Å². The van der Waals surface area contributed by atoms with Crippen LogP contribution in [0.25, 0.3) is 0 Å². The summed E-state index contributed by atoms with van der Waals surface area (Å²) >= 11 is 0. The van der Waals surface area contributed by atoms with Crippen LogP contribution in [0.3, 0.4) is 0 Å². The first kappa shape index (κ1) is 14.8. The summed E-state index contributed by atoms with van der Waals surface area (Å²) < 4.78 is 0. The lowest BCUT2D eigenvalue weighted by atomic mass is 9.82. The number of hydrogen-bond acceptors (Lipinski definition) is 2. The van der Waals surface area contributed by atoms with Gasteiger partial charge in [0.1, 0.15) is 0 Å². The molecule has 116 valence electrons. The van der Waals surface area contributed by atoms with Crippen LogP contribution >= 0.6 is 0 Å². The highest BCUT2D eigenvalue weighted by atomic mass is 16.4. The van der Waals surface area contributed by atoms with Crippen molar-refractivity contribution >= 4 is 17.6 Å². The zero-order chi connectivity index (χ0) is 15.5. The predicted molar refractivity (Wildman–Crippen MR) is 84.7 cm³/mol. The number of aryl methyl sites for hydroxylation is 1. The van der Waals surface area contributed by atoms with Gasteiger partial charge < -0.3 is 10.0 Å². The smallest absolute Gasteiger partial charge is 0.307 e. The molecular formula is C18H21NO3. The third-order valence-corrected chi connectivity index (χ3v) is 4.69. The molecule has 0 aromatic heterocycles. The van der Waals surface area contributed by atoms with Crippen molar-refractivity contribution in [1.29, 1.82) is 0 Å². The van der Waals surface area contributed by atoms with Gasteiger partial charge >= 0.3 is 5.97 Å². The Balaban J connectivity index is 1.91. The fourth-order valence-electron chi connectivity index (χ4n) is 3.48. The minimum atomic E-state index is -0.870. The molecule has 0 bridgehead atoms. The Bertz CT molecular complexity index is 608. The van der Waals surface area contributed by atoms with E-state index >= 15 is 0 Å². The molecule has 4 nitrogen and oxygen atoms in total. The van der Waals surface area contributed by atoms with Crippen LogP contribution in [0.1, 0.15) is 31.2 Å². The summed E-state index contributed by atoms with van der Waals surface area (Å²) in [6.07, 6.45) is 7.78. The number of aliphatic carboxylic acids is 1. The Morgan fingerprint density at radius 1 is 1.05 bits per heavy atom. The predicted octanol–water partition coefficient (Wildman–Crippen LogP) is 3.02. The van der Waals surface area contributed by atoms with Gasteiger partial charge in [0.2, 0.25) is 5.91 Å². The average molecular weight is 299 g/mol. The third kappa shape index (κ3) is 2.78. The van der Waals surface area contributed by atoms with E-state index in [0.717, 1.165) is 24.9 Å². The third-order valence-electron chi connectivity index (χ3n) is 4.69. The summed E-state index contributed by atoms with van der Waals surface area (Å²) in [5, 5.41) is 9.40. The normalized spacial score (nSPS) is 24.5. The van der Waals surface area contributed by atoms with Crippen LogP contribution in [0.4, 0.5) is 5.69 Å². The van der Waals surface area contributed by atoms with Crippen molar-refractivity contribution in [2.75, 3.05) is 11.4 Å². The topological polar surface area (TPSA) is 57.6 Å². The van der Waals surface area contributed by atoms with Crippen LogP contribution in [0, 0.1) is 11.8 Å². The maximum Gasteiger partial charge on any atom is 0.307 e. The molecule has 0 spiro atoms. The van der Waals surface area contributed by atoms with Crippen molar-refractivity contribution < 1.29 is 14.7 Å². The Labute approximate surface area is 130 Å². The number of rotatable bonds is 2. The molecule has 22 heavy (non-hydrogen) atoms. The van der Waals surface area contributed by atoms with E-state index in [1.807, 2.05) is 35.3 Å². The second-order valence-corrected chi connectivity index (χ2v) is 6.07. The number of allylic oxidation sites excluding steroid dienone is 2. The van der Waals surface area contributed by atoms with Crippen LogP contribution in [0.2, 0.25) is 0 Å². The van der Waals surface area contributed by atoms with Gasteiger partial charge in [-0.05, 0) is 43.7 Å². The van der Waals surface area contributed by atoms with Gasteiger partial charge in [-0.1, -0.05) is 30.4 Å². The standard InChI is InChI=1S/C18H21NO3/c20-17(14-9-2-3-10-15(14)18(21)22)19-12-6-5-8-13-7-1-4-11-16(13)19/h1-4,7,11,14-15H,5-6,8-10,12H2,(H,21,22). The molecule has 2 atom stereocenters. The molecule has 0 radical (unpaired) electrons. The first-order chi connectivity index (χ1) is 10.7.